The van der Waals surface area contributed by atoms with E-state index in [1.54, 1.807) is 20.0 Å². The number of rotatable bonds is 11. The number of hydrogen-bond donors (Lipinski definition) is 0. The number of methoxy groups -OCH3 is 1. The summed E-state index contributed by atoms with van der Waals surface area (Å²) in [6, 6.07) is 10.3. The van der Waals surface area contributed by atoms with E-state index in [9.17, 15) is 4.57 Å². The van der Waals surface area contributed by atoms with Crippen LogP contribution in [0, 0.1) is 11.3 Å². The highest BCUT2D eigenvalue weighted by atomic mass is 79.9. The SMILES string of the molecule is CCOP(C)(=O)CC(c1ccnc(OCc2ccc(Br)c([C@@H](OC)C(C)(C)C)c2)c1)C1CC1. The van der Waals surface area contributed by atoms with Gasteiger partial charge in [-0.05, 0) is 71.9 Å². The number of halogens is 1. The Bertz CT molecular complexity index is 986. The lowest BCUT2D eigenvalue weighted by molar-refractivity contribution is 0.0146. The molecule has 1 aliphatic carbocycles. The summed E-state index contributed by atoms with van der Waals surface area (Å²) in [4.78, 5) is 4.42. The predicted octanol–water partition coefficient (Wildman–Crippen LogP) is 7.59. The maximum atomic E-state index is 12.9. The quantitative estimate of drug-likeness (QED) is 0.276. The van der Waals surface area contributed by atoms with Crippen molar-refractivity contribution in [2.45, 2.75) is 59.2 Å². The van der Waals surface area contributed by atoms with Crippen molar-refractivity contribution < 1.29 is 18.6 Å². The van der Waals surface area contributed by atoms with Crippen LogP contribution in [-0.2, 0) is 20.4 Å². The molecule has 7 heteroatoms. The second-order valence-corrected chi connectivity index (χ2v) is 13.6. The summed E-state index contributed by atoms with van der Waals surface area (Å²) in [5.74, 6) is 1.36. The lowest BCUT2D eigenvalue weighted by Gasteiger charge is -2.30. The third kappa shape index (κ3) is 7.39. The minimum absolute atomic E-state index is 0.0370. The van der Waals surface area contributed by atoms with Crippen molar-refractivity contribution in [2.75, 3.05) is 26.5 Å². The van der Waals surface area contributed by atoms with Crippen LogP contribution in [0.3, 0.4) is 0 Å². The van der Waals surface area contributed by atoms with E-state index in [1.165, 1.54) is 12.8 Å². The Morgan fingerprint density at radius 2 is 1.94 bits per heavy atom. The van der Waals surface area contributed by atoms with Crippen LogP contribution in [0.5, 0.6) is 5.88 Å². The van der Waals surface area contributed by atoms with Gasteiger partial charge in [-0.3, -0.25) is 4.57 Å². The molecule has 0 aliphatic heterocycles. The van der Waals surface area contributed by atoms with E-state index < -0.39 is 7.37 Å². The zero-order valence-electron chi connectivity index (χ0n) is 20.6. The van der Waals surface area contributed by atoms with Crippen LogP contribution in [0.25, 0.3) is 0 Å². The third-order valence-corrected chi connectivity index (χ3v) is 8.64. The molecule has 3 rings (SSSR count). The highest BCUT2D eigenvalue weighted by Gasteiger charge is 2.36. The van der Waals surface area contributed by atoms with E-state index in [0.717, 1.165) is 21.2 Å². The summed E-state index contributed by atoms with van der Waals surface area (Å²) in [7, 11) is -0.873. The molecule has 1 aromatic carbocycles. The lowest BCUT2D eigenvalue weighted by atomic mass is 9.84. The van der Waals surface area contributed by atoms with Gasteiger partial charge in [0.25, 0.3) is 0 Å². The van der Waals surface area contributed by atoms with Gasteiger partial charge in [0.15, 0.2) is 0 Å². The molecular formula is C26H37BrNO4P. The number of aromatic nitrogens is 1. The second kappa shape index (κ2) is 11.0. The lowest BCUT2D eigenvalue weighted by Crippen LogP contribution is -2.20. The number of pyridine rings is 1. The average molecular weight is 538 g/mol. The topological polar surface area (TPSA) is 57.7 Å². The largest absolute Gasteiger partial charge is 0.473 e. The van der Waals surface area contributed by atoms with Crippen molar-refractivity contribution in [1.29, 1.82) is 0 Å². The molecule has 3 atom stereocenters. The Balaban J connectivity index is 1.75. The number of hydrogen-bond acceptors (Lipinski definition) is 5. The predicted molar refractivity (Wildman–Crippen MR) is 137 cm³/mol. The number of ether oxygens (including phenoxy) is 2. The third-order valence-electron chi connectivity index (χ3n) is 6.06. The fraction of sp³-hybridized carbons (Fsp3) is 0.577. The molecule has 0 spiro atoms. The standard InChI is InChI=1S/C26H37BrNO4P/c1-7-32-33(6,29)17-22(19-9-10-19)20-12-13-28-24(15-20)31-16-18-8-11-23(27)21(14-18)25(30-5)26(2,3)4/h8,11-15,19,22,25H,7,9-10,16-17H2,1-6H3/t22?,25-,33?/m1/s1. The maximum absolute atomic E-state index is 12.9. The summed E-state index contributed by atoms with van der Waals surface area (Å²) in [6.07, 6.45) is 4.66. The van der Waals surface area contributed by atoms with Gasteiger partial charge in [-0.25, -0.2) is 4.98 Å². The van der Waals surface area contributed by atoms with Gasteiger partial charge < -0.3 is 14.0 Å². The van der Waals surface area contributed by atoms with Gasteiger partial charge in [-0.2, -0.15) is 0 Å². The summed E-state index contributed by atoms with van der Waals surface area (Å²) >= 11 is 3.67. The van der Waals surface area contributed by atoms with Gasteiger partial charge >= 0.3 is 0 Å². The molecule has 1 aromatic heterocycles. The molecule has 33 heavy (non-hydrogen) atoms. The summed E-state index contributed by atoms with van der Waals surface area (Å²) < 4.78 is 31.3. The van der Waals surface area contributed by atoms with E-state index >= 15 is 0 Å². The smallest absolute Gasteiger partial charge is 0.213 e. The van der Waals surface area contributed by atoms with E-state index in [1.807, 2.05) is 25.1 Å². The fourth-order valence-corrected chi connectivity index (χ4v) is 6.76. The normalized spacial score (nSPS) is 17.9. The minimum Gasteiger partial charge on any atom is -0.473 e. The van der Waals surface area contributed by atoms with E-state index in [4.69, 9.17) is 14.0 Å². The van der Waals surface area contributed by atoms with Crippen LogP contribution in [-0.4, -0.2) is 31.5 Å². The molecule has 0 radical (unpaired) electrons. The van der Waals surface area contributed by atoms with Crippen molar-refractivity contribution in [3.63, 3.8) is 0 Å². The summed E-state index contributed by atoms with van der Waals surface area (Å²) in [5.41, 5.74) is 3.26. The van der Waals surface area contributed by atoms with Gasteiger partial charge in [-0.1, -0.05) is 42.8 Å². The van der Waals surface area contributed by atoms with Crippen molar-refractivity contribution in [1.82, 2.24) is 4.98 Å². The molecule has 1 fully saturated rings. The van der Waals surface area contributed by atoms with Gasteiger partial charge in [0.1, 0.15) is 6.61 Å². The molecule has 1 saturated carbocycles. The van der Waals surface area contributed by atoms with Crippen molar-refractivity contribution >= 4 is 23.3 Å². The van der Waals surface area contributed by atoms with E-state index in [0.29, 0.717) is 31.2 Å². The zero-order chi connectivity index (χ0) is 24.2. The number of nitrogens with zero attached hydrogens (tertiary/aromatic N) is 1. The van der Waals surface area contributed by atoms with Gasteiger partial charge in [-0.15, -0.1) is 0 Å². The zero-order valence-corrected chi connectivity index (χ0v) is 23.1. The Hall–Kier alpha value is -1.20. The van der Waals surface area contributed by atoms with Gasteiger partial charge in [0.05, 0.1) is 12.7 Å². The highest BCUT2D eigenvalue weighted by molar-refractivity contribution is 9.10. The molecular weight excluding hydrogens is 501 g/mol. The Kier molecular flexibility index (Phi) is 8.82. The molecule has 1 heterocycles. The molecule has 0 amide bonds. The van der Waals surface area contributed by atoms with Crippen LogP contribution in [0.2, 0.25) is 0 Å². The van der Waals surface area contributed by atoms with E-state index in [2.05, 4.69) is 53.8 Å². The first-order chi connectivity index (χ1) is 15.5. The van der Waals surface area contributed by atoms with Crippen molar-refractivity contribution in [3.8, 4) is 5.88 Å². The van der Waals surface area contributed by atoms with Crippen LogP contribution in [0.4, 0.5) is 0 Å². The molecule has 1 aliphatic rings. The molecule has 5 nitrogen and oxygen atoms in total. The number of benzene rings is 1. The van der Waals surface area contributed by atoms with Crippen LogP contribution in [0.1, 0.15) is 69.2 Å². The average Bonchev–Trinajstić information content (AvgIpc) is 3.57. The Morgan fingerprint density at radius 1 is 1.21 bits per heavy atom. The second-order valence-electron chi connectivity index (χ2n) is 10.1. The van der Waals surface area contributed by atoms with Crippen LogP contribution < -0.4 is 4.74 Å². The molecule has 0 saturated heterocycles. The molecule has 2 aromatic rings. The molecule has 2 unspecified atom stereocenters. The first kappa shape index (κ1) is 26.4. The van der Waals surface area contributed by atoms with Crippen LogP contribution >= 0.6 is 23.3 Å². The first-order valence-corrected chi connectivity index (χ1v) is 14.7. The first-order valence-electron chi connectivity index (χ1n) is 11.6. The Labute approximate surface area is 207 Å². The van der Waals surface area contributed by atoms with Crippen LogP contribution in [0.15, 0.2) is 41.0 Å². The monoisotopic (exact) mass is 537 g/mol. The fourth-order valence-electron chi connectivity index (χ4n) is 4.43. The minimum atomic E-state index is -2.62. The van der Waals surface area contributed by atoms with Crippen molar-refractivity contribution in [2.24, 2.45) is 11.3 Å². The Morgan fingerprint density at radius 3 is 2.55 bits per heavy atom. The molecule has 0 bridgehead atoms. The summed E-state index contributed by atoms with van der Waals surface area (Å²) in [6.45, 7) is 11.0. The molecule has 182 valence electrons. The highest BCUT2D eigenvalue weighted by Crippen LogP contribution is 2.53. The van der Waals surface area contributed by atoms with E-state index in [-0.39, 0.29) is 17.4 Å². The van der Waals surface area contributed by atoms with Gasteiger partial charge in [0, 0.05) is 36.7 Å². The summed E-state index contributed by atoms with van der Waals surface area (Å²) in [5, 5.41) is 0. The van der Waals surface area contributed by atoms with Gasteiger partial charge in [0.2, 0.25) is 13.2 Å². The molecule has 0 N–H and O–H groups in total. The van der Waals surface area contributed by atoms with Crippen molar-refractivity contribution in [3.05, 3.63) is 57.7 Å². The maximum Gasteiger partial charge on any atom is 0.213 e.